The van der Waals surface area contributed by atoms with Gasteiger partial charge in [0.2, 0.25) is 0 Å². The predicted molar refractivity (Wildman–Crippen MR) is 39.1 cm³/mol. The summed E-state index contributed by atoms with van der Waals surface area (Å²) >= 11 is 0. The molecule has 1 nitrogen and oxygen atoms in total. The maximum absolute atomic E-state index is 5.40. The van der Waals surface area contributed by atoms with Gasteiger partial charge in [-0.3, -0.25) is 0 Å². The third kappa shape index (κ3) is 1.77. The normalized spacial score (nSPS) is 14.2. The maximum Gasteiger partial charge on any atom is 0.0844 e. The molecule has 0 fully saturated rings. The fourth-order valence-corrected chi connectivity index (χ4v) is 1.23. The molecule has 1 heterocycles. The van der Waals surface area contributed by atoms with Crippen molar-refractivity contribution < 1.29 is 22.1 Å². The molecule has 0 atom stereocenters. The van der Waals surface area contributed by atoms with Crippen molar-refractivity contribution in [2.45, 2.75) is 12.8 Å². The molecule has 0 amide bonds. The van der Waals surface area contributed by atoms with Gasteiger partial charge in [0.1, 0.15) is 0 Å². The Kier molecular flexibility index (Phi) is 2.99. The molecule has 0 unspecified atom stereocenters. The van der Waals surface area contributed by atoms with Crippen molar-refractivity contribution in [2.24, 2.45) is 0 Å². The summed E-state index contributed by atoms with van der Waals surface area (Å²) in [5.74, 6) is 1.05. The Labute approximate surface area is 77.5 Å². The number of rotatable bonds is 0. The van der Waals surface area contributed by atoms with Crippen molar-refractivity contribution in [1.29, 1.82) is 0 Å². The monoisotopic (exact) mass is 185 g/mol. The van der Waals surface area contributed by atoms with Crippen molar-refractivity contribution in [2.75, 3.05) is 6.61 Å². The molecule has 58 valence electrons. The van der Waals surface area contributed by atoms with Crippen LogP contribution in [0.4, 0.5) is 0 Å². The smallest absolute Gasteiger partial charge is 0.0844 e. The summed E-state index contributed by atoms with van der Waals surface area (Å²) in [5, 5.41) is 0. The third-order valence-corrected chi connectivity index (χ3v) is 1.75. The number of hydrogen-bond donors (Lipinski definition) is 0. The van der Waals surface area contributed by atoms with Gasteiger partial charge in [-0.25, -0.2) is 0 Å². The second kappa shape index (κ2) is 3.80. The van der Waals surface area contributed by atoms with E-state index in [2.05, 4.69) is 6.07 Å². The number of hydrogen-bond acceptors (Lipinski definition) is 1. The molecule has 11 heavy (non-hydrogen) atoms. The first kappa shape index (κ1) is 8.65. The Bertz CT molecular complexity index is 210. The van der Waals surface area contributed by atoms with Crippen molar-refractivity contribution in [3.05, 3.63) is 29.8 Å². The van der Waals surface area contributed by atoms with E-state index in [1.165, 1.54) is 5.56 Å². The number of benzene rings is 1. The molecule has 1 aromatic carbocycles. The molecular weight excluding hydrogens is 176 g/mol. The first-order chi connectivity index (χ1) is 4.97. The van der Waals surface area contributed by atoms with E-state index in [9.17, 15) is 0 Å². The van der Waals surface area contributed by atoms with E-state index >= 15 is 0 Å². The van der Waals surface area contributed by atoms with Crippen molar-refractivity contribution in [3.8, 4) is 5.75 Å². The minimum Gasteiger partial charge on any atom is -0.519 e. The Morgan fingerprint density at radius 1 is 1.45 bits per heavy atom. The van der Waals surface area contributed by atoms with Crippen LogP contribution in [0.1, 0.15) is 12.0 Å². The van der Waals surface area contributed by atoms with Gasteiger partial charge in [-0.15, -0.1) is 11.6 Å². The van der Waals surface area contributed by atoms with Gasteiger partial charge < -0.3 is 4.74 Å². The van der Waals surface area contributed by atoms with Crippen LogP contribution < -0.4 is 4.74 Å². The third-order valence-electron chi connectivity index (χ3n) is 1.75. The van der Waals surface area contributed by atoms with E-state index < -0.39 is 0 Å². The van der Waals surface area contributed by atoms with E-state index in [1.54, 1.807) is 0 Å². The minimum atomic E-state index is 0. The number of ether oxygens (including phenoxy) is 1. The van der Waals surface area contributed by atoms with E-state index in [1.807, 2.05) is 18.2 Å². The summed E-state index contributed by atoms with van der Waals surface area (Å²) in [7, 11) is 0. The van der Waals surface area contributed by atoms with Gasteiger partial charge in [0, 0.05) is 23.1 Å². The molecule has 0 aliphatic carbocycles. The largest absolute Gasteiger partial charge is 0.519 e. The first-order valence-corrected chi connectivity index (χ1v) is 3.58. The SMILES string of the molecule is [Cr].[c-]1ccc2c(c1)CCCO2. The molecule has 0 aromatic heterocycles. The Hall–Kier alpha value is -0.448. The average molecular weight is 185 g/mol. The number of aryl methyl sites for hydroxylation is 1. The summed E-state index contributed by atoms with van der Waals surface area (Å²) < 4.78 is 5.40. The fourth-order valence-electron chi connectivity index (χ4n) is 1.23. The van der Waals surface area contributed by atoms with Crippen LogP contribution in [0.25, 0.3) is 0 Å². The van der Waals surface area contributed by atoms with Crippen LogP contribution >= 0.6 is 0 Å². The van der Waals surface area contributed by atoms with E-state index in [0.717, 1.165) is 25.2 Å². The Morgan fingerprint density at radius 3 is 3.18 bits per heavy atom. The average Bonchev–Trinajstić information content (AvgIpc) is 2.05. The molecule has 0 radical (unpaired) electrons. The van der Waals surface area contributed by atoms with Gasteiger partial charge in [-0.2, -0.15) is 18.2 Å². The van der Waals surface area contributed by atoms with Gasteiger partial charge >= 0.3 is 0 Å². The van der Waals surface area contributed by atoms with Crippen LogP contribution in [0.5, 0.6) is 5.75 Å². The molecule has 0 bridgehead atoms. The van der Waals surface area contributed by atoms with Crippen molar-refractivity contribution >= 4 is 0 Å². The van der Waals surface area contributed by atoms with Gasteiger partial charge in [0.25, 0.3) is 0 Å². The summed E-state index contributed by atoms with van der Waals surface area (Å²) in [6, 6.07) is 8.92. The summed E-state index contributed by atoms with van der Waals surface area (Å²) in [6.07, 6.45) is 2.29. The zero-order valence-corrected chi connectivity index (χ0v) is 7.44. The van der Waals surface area contributed by atoms with Crippen molar-refractivity contribution in [3.63, 3.8) is 0 Å². The van der Waals surface area contributed by atoms with Crippen LogP contribution in [-0.4, -0.2) is 6.61 Å². The standard InChI is InChI=1S/C9H9O.Cr/c1-2-6-9-8(4-1)5-3-7-10-9;/h2,4,6H,3,5,7H2;/q-1;. The minimum absolute atomic E-state index is 0. The Balaban J connectivity index is 0.000000605. The molecule has 1 aliphatic heterocycles. The Morgan fingerprint density at radius 2 is 2.36 bits per heavy atom. The molecule has 1 aromatic rings. The molecule has 0 spiro atoms. The molecule has 1 aliphatic rings. The van der Waals surface area contributed by atoms with Crippen LogP contribution in [0.3, 0.4) is 0 Å². The molecule has 2 heteroatoms. The van der Waals surface area contributed by atoms with E-state index in [4.69, 9.17) is 4.74 Å². The summed E-state index contributed by atoms with van der Waals surface area (Å²) in [4.78, 5) is 0. The number of fused-ring (bicyclic) bond motifs is 1. The van der Waals surface area contributed by atoms with Crippen molar-refractivity contribution in [1.82, 2.24) is 0 Å². The fraction of sp³-hybridized carbons (Fsp3) is 0.333. The van der Waals surface area contributed by atoms with Crippen LogP contribution in [0, 0.1) is 6.07 Å². The zero-order chi connectivity index (χ0) is 6.81. The molecular formula is C9H9CrO-. The molecule has 2 rings (SSSR count). The van der Waals surface area contributed by atoms with Gasteiger partial charge in [0.05, 0.1) is 6.61 Å². The summed E-state index contributed by atoms with van der Waals surface area (Å²) in [6.45, 7) is 0.872. The first-order valence-electron chi connectivity index (χ1n) is 3.58. The molecule has 0 saturated carbocycles. The van der Waals surface area contributed by atoms with Crippen LogP contribution in [-0.2, 0) is 23.8 Å². The predicted octanol–water partition coefficient (Wildman–Crippen LogP) is 1.81. The molecule has 0 N–H and O–H groups in total. The maximum atomic E-state index is 5.40. The van der Waals surface area contributed by atoms with E-state index in [-0.39, 0.29) is 17.4 Å². The quantitative estimate of drug-likeness (QED) is 0.560. The van der Waals surface area contributed by atoms with E-state index in [0.29, 0.717) is 0 Å². The van der Waals surface area contributed by atoms with Gasteiger partial charge in [0.15, 0.2) is 0 Å². The summed E-state index contributed by atoms with van der Waals surface area (Å²) in [5.41, 5.74) is 1.30. The molecule has 0 saturated heterocycles. The van der Waals surface area contributed by atoms with Gasteiger partial charge in [-0.1, -0.05) is 6.42 Å². The van der Waals surface area contributed by atoms with Gasteiger partial charge in [-0.05, 0) is 6.42 Å². The zero-order valence-electron chi connectivity index (χ0n) is 6.17. The van der Waals surface area contributed by atoms with Crippen LogP contribution in [0.15, 0.2) is 18.2 Å². The second-order valence-corrected chi connectivity index (χ2v) is 2.49. The van der Waals surface area contributed by atoms with Crippen LogP contribution in [0.2, 0.25) is 0 Å². The second-order valence-electron chi connectivity index (χ2n) is 2.49. The topological polar surface area (TPSA) is 9.23 Å².